The van der Waals surface area contributed by atoms with Gasteiger partial charge in [0.05, 0.1) is 24.4 Å². The van der Waals surface area contributed by atoms with Gasteiger partial charge >= 0.3 is 0 Å². The van der Waals surface area contributed by atoms with Crippen molar-refractivity contribution in [3.8, 4) is 23.7 Å². The van der Waals surface area contributed by atoms with E-state index in [-0.39, 0.29) is 24.0 Å². The molecule has 2 aromatic carbocycles. The van der Waals surface area contributed by atoms with Crippen molar-refractivity contribution in [2.24, 2.45) is 0 Å². The van der Waals surface area contributed by atoms with Crippen LogP contribution in [0, 0.1) is 18.2 Å². The summed E-state index contributed by atoms with van der Waals surface area (Å²) in [7, 11) is 0. The van der Waals surface area contributed by atoms with Crippen LogP contribution in [0.2, 0.25) is 0 Å². The molecule has 0 unspecified atom stereocenters. The molecule has 0 fully saturated rings. The molecule has 0 spiro atoms. The van der Waals surface area contributed by atoms with Crippen molar-refractivity contribution in [3.05, 3.63) is 66.0 Å². The first-order valence-corrected chi connectivity index (χ1v) is 9.22. The molecule has 7 heteroatoms. The number of amides is 1. The number of hydrogen-bond donors (Lipinski definition) is 1. The number of carbonyl (C=O) groups is 1. The van der Waals surface area contributed by atoms with Gasteiger partial charge in [-0.3, -0.25) is 9.36 Å². The SMILES string of the molecule is C#CCNC(=O)CSc1nnc(-c2ccccc2F)n1Cc1ccccc1. The summed E-state index contributed by atoms with van der Waals surface area (Å²) in [6, 6.07) is 16.2. The molecule has 0 aliphatic carbocycles. The summed E-state index contributed by atoms with van der Waals surface area (Å²) < 4.78 is 16.1. The van der Waals surface area contributed by atoms with Gasteiger partial charge in [0.15, 0.2) is 11.0 Å². The van der Waals surface area contributed by atoms with E-state index in [1.54, 1.807) is 18.2 Å². The first kappa shape index (κ1) is 18.7. The number of terminal acetylenes is 1. The largest absolute Gasteiger partial charge is 0.344 e. The van der Waals surface area contributed by atoms with Gasteiger partial charge in [0.25, 0.3) is 0 Å². The molecular formula is C20H17FN4OS. The van der Waals surface area contributed by atoms with E-state index in [9.17, 15) is 9.18 Å². The van der Waals surface area contributed by atoms with E-state index in [4.69, 9.17) is 6.42 Å². The summed E-state index contributed by atoms with van der Waals surface area (Å²) in [6.07, 6.45) is 5.14. The molecule has 1 aromatic heterocycles. The molecule has 0 bridgehead atoms. The normalized spacial score (nSPS) is 10.4. The standard InChI is InChI=1S/C20H17FN4OS/c1-2-12-22-18(26)14-27-20-24-23-19(16-10-6-7-11-17(16)21)25(20)13-15-8-4-3-5-9-15/h1,3-11H,12-14H2,(H,22,26). The highest BCUT2D eigenvalue weighted by atomic mass is 32.2. The van der Waals surface area contributed by atoms with Crippen molar-refractivity contribution in [1.29, 1.82) is 0 Å². The van der Waals surface area contributed by atoms with Crippen LogP contribution in [0.25, 0.3) is 11.4 Å². The molecule has 3 rings (SSSR count). The van der Waals surface area contributed by atoms with Crippen LogP contribution in [-0.4, -0.2) is 33.0 Å². The molecule has 0 aliphatic rings. The molecule has 0 radical (unpaired) electrons. The lowest BCUT2D eigenvalue weighted by atomic mass is 10.2. The molecular weight excluding hydrogens is 363 g/mol. The molecule has 0 saturated heterocycles. The smallest absolute Gasteiger partial charge is 0.231 e. The number of aromatic nitrogens is 3. The first-order chi connectivity index (χ1) is 13.2. The van der Waals surface area contributed by atoms with E-state index in [1.807, 2.05) is 34.9 Å². The molecule has 3 aromatic rings. The van der Waals surface area contributed by atoms with Gasteiger partial charge in [0, 0.05) is 0 Å². The number of rotatable bonds is 7. The maximum atomic E-state index is 14.3. The van der Waals surface area contributed by atoms with E-state index in [0.29, 0.717) is 23.1 Å². The molecule has 5 nitrogen and oxygen atoms in total. The van der Waals surface area contributed by atoms with Gasteiger partial charge in [-0.1, -0.05) is 60.1 Å². The fraction of sp³-hybridized carbons (Fsp3) is 0.150. The average Bonchev–Trinajstić information content (AvgIpc) is 3.08. The fourth-order valence-electron chi connectivity index (χ4n) is 2.48. The molecule has 0 atom stereocenters. The Morgan fingerprint density at radius 1 is 1.15 bits per heavy atom. The third kappa shape index (κ3) is 4.74. The monoisotopic (exact) mass is 380 g/mol. The van der Waals surface area contributed by atoms with E-state index < -0.39 is 0 Å². The van der Waals surface area contributed by atoms with Gasteiger partial charge in [0.2, 0.25) is 5.91 Å². The minimum Gasteiger partial charge on any atom is -0.344 e. The van der Waals surface area contributed by atoms with Gasteiger partial charge < -0.3 is 5.32 Å². The minimum absolute atomic E-state index is 0.145. The predicted molar refractivity (Wildman–Crippen MR) is 104 cm³/mol. The average molecular weight is 380 g/mol. The Bertz CT molecular complexity index is 966. The minimum atomic E-state index is -0.373. The van der Waals surface area contributed by atoms with E-state index in [1.165, 1.54) is 17.8 Å². The number of nitrogens with one attached hydrogen (secondary N) is 1. The Morgan fingerprint density at radius 3 is 2.63 bits per heavy atom. The third-order valence-electron chi connectivity index (χ3n) is 3.74. The number of nitrogens with zero attached hydrogens (tertiary/aromatic N) is 3. The van der Waals surface area contributed by atoms with Crippen LogP contribution >= 0.6 is 11.8 Å². The summed E-state index contributed by atoms with van der Waals surface area (Å²) in [5.41, 5.74) is 1.39. The summed E-state index contributed by atoms with van der Waals surface area (Å²) in [5.74, 6) is 2.35. The van der Waals surface area contributed by atoms with Gasteiger partial charge in [-0.25, -0.2) is 4.39 Å². The molecule has 27 heavy (non-hydrogen) atoms. The second-order valence-electron chi connectivity index (χ2n) is 5.63. The topological polar surface area (TPSA) is 59.8 Å². The van der Waals surface area contributed by atoms with Crippen molar-refractivity contribution >= 4 is 17.7 Å². The second kappa shape index (κ2) is 9.01. The van der Waals surface area contributed by atoms with Crippen LogP contribution in [0.15, 0.2) is 59.8 Å². The van der Waals surface area contributed by atoms with Crippen LogP contribution in [0.3, 0.4) is 0 Å². The van der Waals surface area contributed by atoms with E-state index in [0.717, 1.165) is 5.56 Å². The lowest BCUT2D eigenvalue weighted by Crippen LogP contribution is -2.25. The van der Waals surface area contributed by atoms with Crippen LogP contribution in [0.5, 0.6) is 0 Å². The summed E-state index contributed by atoms with van der Waals surface area (Å²) in [4.78, 5) is 11.8. The van der Waals surface area contributed by atoms with Crippen LogP contribution < -0.4 is 5.32 Å². The van der Waals surface area contributed by atoms with Crippen LogP contribution in [0.4, 0.5) is 4.39 Å². The van der Waals surface area contributed by atoms with Crippen molar-refractivity contribution in [2.75, 3.05) is 12.3 Å². The van der Waals surface area contributed by atoms with Crippen molar-refractivity contribution in [1.82, 2.24) is 20.1 Å². The zero-order valence-corrected chi connectivity index (χ0v) is 15.2. The van der Waals surface area contributed by atoms with E-state index >= 15 is 0 Å². The Hall–Kier alpha value is -3.11. The summed E-state index contributed by atoms with van der Waals surface area (Å²) >= 11 is 1.23. The quantitative estimate of drug-likeness (QED) is 0.506. The molecule has 1 heterocycles. The van der Waals surface area contributed by atoms with E-state index in [2.05, 4.69) is 21.4 Å². The zero-order valence-electron chi connectivity index (χ0n) is 14.4. The Labute approximate surface area is 161 Å². The highest BCUT2D eigenvalue weighted by molar-refractivity contribution is 7.99. The number of carbonyl (C=O) groups excluding carboxylic acids is 1. The third-order valence-corrected chi connectivity index (χ3v) is 4.70. The maximum Gasteiger partial charge on any atom is 0.231 e. The lowest BCUT2D eigenvalue weighted by molar-refractivity contribution is -0.118. The number of thioether (sulfide) groups is 1. The van der Waals surface area contributed by atoms with Crippen molar-refractivity contribution in [3.63, 3.8) is 0 Å². The van der Waals surface area contributed by atoms with Gasteiger partial charge in [0.1, 0.15) is 5.82 Å². The van der Waals surface area contributed by atoms with Crippen LogP contribution in [0.1, 0.15) is 5.56 Å². The molecule has 1 N–H and O–H groups in total. The van der Waals surface area contributed by atoms with Gasteiger partial charge in [-0.2, -0.15) is 0 Å². The fourth-order valence-corrected chi connectivity index (χ4v) is 3.24. The number of hydrogen-bond acceptors (Lipinski definition) is 4. The van der Waals surface area contributed by atoms with Gasteiger partial charge in [-0.05, 0) is 17.7 Å². The molecule has 0 aliphatic heterocycles. The summed E-state index contributed by atoms with van der Waals surface area (Å²) in [6.45, 7) is 0.641. The van der Waals surface area contributed by atoms with Crippen LogP contribution in [-0.2, 0) is 11.3 Å². The zero-order chi connectivity index (χ0) is 19.1. The van der Waals surface area contributed by atoms with Gasteiger partial charge in [-0.15, -0.1) is 16.6 Å². The van der Waals surface area contributed by atoms with Crippen molar-refractivity contribution in [2.45, 2.75) is 11.7 Å². The number of benzene rings is 2. The van der Waals surface area contributed by atoms with Crippen molar-refractivity contribution < 1.29 is 9.18 Å². The first-order valence-electron chi connectivity index (χ1n) is 8.24. The maximum absolute atomic E-state index is 14.3. The highest BCUT2D eigenvalue weighted by Crippen LogP contribution is 2.26. The lowest BCUT2D eigenvalue weighted by Gasteiger charge is -2.11. The number of halogens is 1. The molecule has 1 amide bonds. The Balaban J connectivity index is 1.90. The Morgan fingerprint density at radius 2 is 1.89 bits per heavy atom. The predicted octanol–water partition coefficient (Wildman–Crippen LogP) is 2.97. The second-order valence-corrected chi connectivity index (χ2v) is 6.57. The Kier molecular flexibility index (Phi) is 6.23. The molecule has 0 saturated carbocycles. The summed E-state index contributed by atoms with van der Waals surface area (Å²) in [5, 5.41) is 11.5. The highest BCUT2D eigenvalue weighted by Gasteiger charge is 2.18. The molecule has 136 valence electrons.